The molecule has 4 heteroatoms. The van der Waals surface area contributed by atoms with Crippen molar-refractivity contribution in [3.05, 3.63) is 34.5 Å². The van der Waals surface area contributed by atoms with Gasteiger partial charge in [-0.15, -0.1) is 0 Å². The van der Waals surface area contributed by atoms with E-state index in [0.717, 1.165) is 12.8 Å². The fraction of sp³-hybridized carbons (Fsp3) is 0.417. The fourth-order valence-electron chi connectivity index (χ4n) is 1.89. The monoisotopic (exact) mass is 222 g/mol. The highest BCUT2D eigenvalue weighted by Crippen LogP contribution is 2.38. The number of unbranched alkanes of at least 4 members (excludes halogenated alkanes) is 1. The van der Waals surface area contributed by atoms with Crippen molar-refractivity contribution in [1.29, 1.82) is 0 Å². The van der Waals surface area contributed by atoms with Gasteiger partial charge >= 0.3 is 5.97 Å². The second kappa shape index (κ2) is 4.04. The van der Waals surface area contributed by atoms with E-state index in [0.29, 0.717) is 24.2 Å². The number of esters is 1. The van der Waals surface area contributed by atoms with E-state index >= 15 is 0 Å². The summed E-state index contributed by atoms with van der Waals surface area (Å²) in [5.41, 5.74) is 0.847. The third-order valence-electron chi connectivity index (χ3n) is 2.75. The average molecular weight is 222 g/mol. The zero-order valence-electron chi connectivity index (χ0n) is 9.12. The number of carbonyl (C=O) groups excluding carboxylic acids is 1. The Kier molecular flexibility index (Phi) is 2.73. The second-order valence-electron chi connectivity index (χ2n) is 3.90. The molecule has 0 saturated carbocycles. The van der Waals surface area contributed by atoms with Gasteiger partial charge in [0.15, 0.2) is 5.76 Å². The van der Waals surface area contributed by atoms with E-state index in [4.69, 9.17) is 4.74 Å². The molecule has 1 aliphatic carbocycles. The number of carbonyl (C=O) groups is 1. The summed E-state index contributed by atoms with van der Waals surface area (Å²) in [7, 11) is 0. The third kappa shape index (κ3) is 1.60. The maximum absolute atomic E-state index is 11.5. The summed E-state index contributed by atoms with van der Waals surface area (Å²) in [6.45, 7) is 2.03. The van der Waals surface area contributed by atoms with Crippen LogP contribution in [-0.4, -0.2) is 16.2 Å². The normalized spacial score (nSPS) is 22.8. The van der Waals surface area contributed by atoms with Gasteiger partial charge in [0.1, 0.15) is 17.1 Å². The molecule has 4 nitrogen and oxygen atoms in total. The predicted octanol–water partition coefficient (Wildman–Crippen LogP) is 2.65. The molecule has 0 aromatic heterocycles. The Balaban J connectivity index is 2.40. The molecule has 0 fully saturated rings. The zero-order chi connectivity index (χ0) is 11.7. The van der Waals surface area contributed by atoms with Crippen molar-refractivity contribution in [3.8, 4) is 0 Å². The van der Waals surface area contributed by atoms with Crippen LogP contribution in [0.1, 0.15) is 32.6 Å². The zero-order valence-corrected chi connectivity index (χ0v) is 9.12. The molecule has 1 heterocycles. The first kappa shape index (κ1) is 10.8. The maximum Gasteiger partial charge on any atom is 0.347 e. The second-order valence-corrected chi connectivity index (χ2v) is 3.90. The van der Waals surface area contributed by atoms with Gasteiger partial charge in [0.05, 0.1) is 0 Å². The molecular formula is C12H14O4. The first-order valence-corrected chi connectivity index (χ1v) is 5.42. The summed E-state index contributed by atoms with van der Waals surface area (Å²) in [6.07, 6.45) is 4.54. The molecule has 0 spiro atoms. The van der Waals surface area contributed by atoms with Gasteiger partial charge in [-0.1, -0.05) is 13.3 Å². The van der Waals surface area contributed by atoms with Crippen LogP contribution in [0.15, 0.2) is 34.5 Å². The van der Waals surface area contributed by atoms with Gasteiger partial charge in [-0.05, 0) is 18.9 Å². The van der Waals surface area contributed by atoms with Gasteiger partial charge in [-0.2, -0.15) is 0 Å². The van der Waals surface area contributed by atoms with E-state index in [1.54, 1.807) is 0 Å². The molecule has 0 radical (unpaired) electrons. The Labute approximate surface area is 93.5 Å². The van der Waals surface area contributed by atoms with E-state index < -0.39 is 5.97 Å². The van der Waals surface area contributed by atoms with Crippen LogP contribution in [0.25, 0.3) is 0 Å². The quantitative estimate of drug-likeness (QED) is 0.705. The first-order chi connectivity index (χ1) is 7.65. The SMILES string of the molecule is CCC/C=C1\OC(=O)C2=C1CCC(O)=C2O. The van der Waals surface area contributed by atoms with Crippen LogP contribution in [0.2, 0.25) is 0 Å². The number of allylic oxidation sites excluding steroid dienone is 3. The van der Waals surface area contributed by atoms with E-state index in [2.05, 4.69) is 0 Å². The van der Waals surface area contributed by atoms with Crippen molar-refractivity contribution >= 4 is 5.97 Å². The Morgan fingerprint density at radius 3 is 2.81 bits per heavy atom. The molecular weight excluding hydrogens is 208 g/mol. The van der Waals surface area contributed by atoms with E-state index in [-0.39, 0.29) is 17.1 Å². The summed E-state index contributed by atoms with van der Waals surface area (Å²) < 4.78 is 5.07. The van der Waals surface area contributed by atoms with Gasteiger partial charge in [0.2, 0.25) is 0 Å². The molecule has 0 aromatic rings. The van der Waals surface area contributed by atoms with Crippen molar-refractivity contribution < 1.29 is 19.7 Å². The number of aliphatic hydroxyl groups is 2. The van der Waals surface area contributed by atoms with Gasteiger partial charge in [0.25, 0.3) is 0 Å². The molecule has 0 aromatic carbocycles. The summed E-state index contributed by atoms with van der Waals surface area (Å²) >= 11 is 0. The summed E-state index contributed by atoms with van der Waals surface area (Å²) in [5.74, 6) is -0.486. The lowest BCUT2D eigenvalue weighted by Crippen LogP contribution is -2.07. The molecule has 2 aliphatic rings. The predicted molar refractivity (Wildman–Crippen MR) is 57.6 cm³/mol. The molecule has 2 rings (SSSR count). The Morgan fingerprint density at radius 2 is 2.12 bits per heavy atom. The smallest absolute Gasteiger partial charge is 0.347 e. The van der Waals surface area contributed by atoms with Crippen LogP contribution in [0.5, 0.6) is 0 Å². The standard InChI is InChI=1S/C12H14O4/c1-2-3-4-9-7-5-6-8(13)11(14)10(7)12(15)16-9/h4,13-14H,2-3,5-6H2,1H3/b9-4-. The minimum atomic E-state index is -0.568. The number of hydrogen-bond acceptors (Lipinski definition) is 4. The van der Waals surface area contributed by atoms with Gasteiger partial charge in [-0.3, -0.25) is 0 Å². The van der Waals surface area contributed by atoms with Crippen molar-refractivity contribution in [2.75, 3.05) is 0 Å². The van der Waals surface area contributed by atoms with Gasteiger partial charge in [-0.25, -0.2) is 4.79 Å². The minimum absolute atomic E-state index is 0.131. The van der Waals surface area contributed by atoms with Crippen LogP contribution < -0.4 is 0 Å². The summed E-state index contributed by atoms with van der Waals surface area (Å²) in [4.78, 5) is 11.5. The van der Waals surface area contributed by atoms with Gasteiger partial charge in [0, 0.05) is 12.0 Å². The lowest BCUT2D eigenvalue weighted by Gasteiger charge is -2.11. The van der Waals surface area contributed by atoms with Crippen LogP contribution >= 0.6 is 0 Å². The van der Waals surface area contributed by atoms with Gasteiger partial charge < -0.3 is 14.9 Å². The number of aliphatic hydroxyl groups excluding tert-OH is 2. The van der Waals surface area contributed by atoms with Crippen molar-refractivity contribution in [2.45, 2.75) is 32.6 Å². The molecule has 16 heavy (non-hydrogen) atoms. The number of hydrogen-bond donors (Lipinski definition) is 2. The highest BCUT2D eigenvalue weighted by Gasteiger charge is 2.36. The van der Waals surface area contributed by atoms with Crippen molar-refractivity contribution in [3.63, 3.8) is 0 Å². The molecule has 0 atom stereocenters. The molecule has 2 N–H and O–H groups in total. The molecule has 0 saturated heterocycles. The topological polar surface area (TPSA) is 66.8 Å². The third-order valence-corrected chi connectivity index (χ3v) is 2.75. The van der Waals surface area contributed by atoms with Crippen molar-refractivity contribution in [1.82, 2.24) is 0 Å². The van der Waals surface area contributed by atoms with Crippen molar-refractivity contribution in [2.24, 2.45) is 0 Å². The molecule has 0 bridgehead atoms. The fourth-order valence-corrected chi connectivity index (χ4v) is 1.89. The molecule has 0 unspecified atom stereocenters. The Bertz CT molecular complexity index is 426. The summed E-state index contributed by atoms with van der Waals surface area (Å²) in [6, 6.07) is 0. The van der Waals surface area contributed by atoms with Crippen LogP contribution in [0.3, 0.4) is 0 Å². The lowest BCUT2D eigenvalue weighted by atomic mass is 9.95. The van der Waals surface area contributed by atoms with Crippen LogP contribution in [0, 0.1) is 0 Å². The van der Waals surface area contributed by atoms with E-state index in [1.807, 2.05) is 13.0 Å². The summed E-state index contributed by atoms with van der Waals surface area (Å²) in [5, 5.41) is 19.0. The Hall–Kier alpha value is -1.71. The molecule has 1 aliphatic heterocycles. The minimum Gasteiger partial charge on any atom is -0.508 e. The molecule has 86 valence electrons. The van der Waals surface area contributed by atoms with Crippen LogP contribution in [0.4, 0.5) is 0 Å². The lowest BCUT2D eigenvalue weighted by molar-refractivity contribution is -0.133. The number of ether oxygens (including phenoxy) is 1. The number of cyclic esters (lactones) is 1. The van der Waals surface area contributed by atoms with E-state index in [9.17, 15) is 15.0 Å². The van der Waals surface area contributed by atoms with E-state index in [1.165, 1.54) is 0 Å². The first-order valence-electron chi connectivity index (χ1n) is 5.42. The molecule has 0 amide bonds. The highest BCUT2D eigenvalue weighted by molar-refractivity contribution is 5.98. The Morgan fingerprint density at radius 1 is 1.38 bits per heavy atom. The largest absolute Gasteiger partial charge is 0.508 e. The number of rotatable bonds is 2. The average Bonchev–Trinajstić information content (AvgIpc) is 2.58. The maximum atomic E-state index is 11.5. The highest BCUT2D eigenvalue weighted by atomic mass is 16.5. The van der Waals surface area contributed by atoms with Crippen LogP contribution in [-0.2, 0) is 9.53 Å².